The third-order valence-electron chi connectivity index (χ3n) is 3.60. The van der Waals surface area contributed by atoms with Gasteiger partial charge in [0.25, 0.3) is 0 Å². The second-order valence-corrected chi connectivity index (χ2v) is 4.66. The van der Waals surface area contributed by atoms with Gasteiger partial charge in [-0.05, 0) is 26.3 Å². The number of hydrogen-bond acceptors (Lipinski definition) is 3. The maximum Gasteiger partial charge on any atom is 0.319 e. The summed E-state index contributed by atoms with van der Waals surface area (Å²) >= 11 is 0. The van der Waals surface area contributed by atoms with Crippen molar-refractivity contribution in [2.24, 2.45) is 0 Å². The van der Waals surface area contributed by atoms with Gasteiger partial charge in [0.15, 0.2) is 0 Å². The van der Waals surface area contributed by atoms with Gasteiger partial charge in [-0.3, -0.25) is 4.79 Å². The van der Waals surface area contributed by atoms with E-state index in [1.165, 1.54) is 5.56 Å². The summed E-state index contributed by atoms with van der Waals surface area (Å²) in [6, 6.07) is 8.26. The molecule has 0 saturated carbocycles. The average molecular weight is 233 g/mol. The van der Waals surface area contributed by atoms with Gasteiger partial charge >= 0.3 is 5.97 Å². The Morgan fingerprint density at radius 3 is 2.82 bits per heavy atom. The van der Waals surface area contributed by atoms with E-state index < -0.39 is 5.41 Å². The third kappa shape index (κ3) is 1.84. The van der Waals surface area contributed by atoms with Crippen molar-refractivity contribution in [2.45, 2.75) is 32.2 Å². The summed E-state index contributed by atoms with van der Waals surface area (Å²) in [4.78, 5) is 12.2. The number of benzene rings is 1. The van der Waals surface area contributed by atoms with E-state index in [-0.39, 0.29) is 12.0 Å². The van der Waals surface area contributed by atoms with Crippen molar-refractivity contribution in [1.82, 2.24) is 5.32 Å². The number of ether oxygens (including phenoxy) is 1. The topological polar surface area (TPSA) is 38.3 Å². The summed E-state index contributed by atoms with van der Waals surface area (Å²) in [5.74, 6) is -0.114. The first-order valence-electron chi connectivity index (χ1n) is 6.09. The van der Waals surface area contributed by atoms with Crippen LogP contribution < -0.4 is 5.32 Å². The largest absolute Gasteiger partial charge is 0.465 e. The number of carbonyl (C=O) groups excluding carboxylic acids is 1. The Balaban J connectivity index is 2.38. The first-order valence-corrected chi connectivity index (χ1v) is 6.09. The molecule has 2 atom stereocenters. The maximum atomic E-state index is 12.2. The van der Waals surface area contributed by atoms with E-state index in [1.807, 2.05) is 39.0 Å². The van der Waals surface area contributed by atoms with Gasteiger partial charge in [-0.2, -0.15) is 0 Å². The highest BCUT2D eigenvalue weighted by atomic mass is 16.5. The van der Waals surface area contributed by atoms with E-state index in [4.69, 9.17) is 4.74 Å². The Kier molecular flexibility index (Phi) is 3.20. The standard InChI is InChI=1S/C14H19NO2/c1-4-17-13(16)14(9-15-11(14)3)12-7-5-6-10(2)8-12/h5-8,11,15H,4,9H2,1-3H3. The zero-order valence-electron chi connectivity index (χ0n) is 10.6. The summed E-state index contributed by atoms with van der Waals surface area (Å²) < 4.78 is 5.23. The Morgan fingerprint density at radius 1 is 1.59 bits per heavy atom. The number of aryl methyl sites for hydroxylation is 1. The molecule has 1 saturated heterocycles. The molecule has 1 aromatic rings. The van der Waals surface area contributed by atoms with E-state index in [0.29, 0.717) is 13.2 Å². The van der Waals surface area contributed by atoms with Crippen LogP contribution in [0.4, 0.5) is 0 Å². The van der Waals surface area contributed by atoms with Crippen LogP contribution in [0, 0.1) is 6.92 Å². The minimum atomic E-state index is -0.498. The highest BCUT2D eigenvalue weighted by Gasteiger charge is 2.53. The molecule has 0 radical (unpaired) electrons. The molecule has 3 nitrogen and oxygen atoms in total. The van der Waals surface area contributed by atoms with Crippen molar-refractivity contribution in [3.8, 4) is 0 Å². The Hall–Kier alpha value is -1.35. The van der Waals surface area contributed by atoms with Gasteiger partial charge in [0, 0.05) is 12.6 Å². The van der Waals surface area contributed by atoms with E-state index in [1.54, 1.807) is 0 Å². The summed E-state index contributed by atoms with van der Waals surface area (Å²) in [6.45, 7) is 7.01. The maximum absolute atomic E-state index is 12.2. The molecular formula is C14H19NO2. The Bertz CT molecular complexity index is 430. The molecule has 3 heteroatoms. The highest BCUT2D eigenvalue weighted by Crippen LogP contribution is 2.35. The normalized spacial score (nSPS) is 27.4. The second kappa shape index (κ2) is 4.49. The molecule has 1 heterocycles. The van der Waals surface area contributed by atoms with Crippen LogP contribution in [0.3, 0.4) is 0 Å². The fourth-order valence-electron chi connectivity index (χ4n) is 2.41. The second-order valence-electron chi connectivity index (χ2n) is 4.66. The predicted molar refractivity (Wildman–Crippen MR) is 67.0 cm³/mol. The molecule has 0 aromatic heterocycles. The molecule has 2 unspecified atom stereocenters. The van der Waals surface area contributed by atoms with Gasteiger partial charge in [0.05, 0.1) is 6.61 Å². The van der Waals surface area contributed by atoms with E-state index in [9.17, 15) is 4.79 Å². The number of hydrogen-bond donors (Lipinski definition) is 1. The number of rotatable bonds is 3. The van der Waals surface area contributed by atoms with Crippen LogP contribution in [0.15, 0.2) is 24.3 Å². The van der Waals surface area contributed by atoms with Crippen molar-refractivity contribution >= 4 is 5.97 Å². The van der Waals surface area contributed by atoms with Crippen LogP contribution in [0.25, 0.3) is 0 Å². The van der Waals surface area contributed by atoms with Gasteiger partial charge in [0.1, 0.15) is 5.41 Å². The van der Waals surface area contributed by atoms with Crippen LogP contribution in [0.5, 0.6) is 0 Å². The fourth-order valence-corrected chi connectivity index (χ4v) is 2.41. The van der Waals surface area contributed by atoms with Gasteiger partial charge < -0.3 is 10.1 Å². The molecule has 1 aromatic carbocycles. The minimum absolute atomic E-state index is 0.114. The molecule has 1 fully saturated rings. The van der Waals surface area contributed by atoms with Crippen LogP contribution >= 0.6 is 0 Å². The molecule has 2 rings (SSSR count). The van der Waals surface area contributed by atoms with Gasteiger partial charge in [-0.15, -0.1) is 0 Å². The van der Waals surface area contributed by atoms with Crippen molar-refractivity contribution < 1.29 is 9.53 Å². The van der Waals surface area contributed by atoms with Gasteiger partial charge in [0.2, 0.25) is 0 Å². The summed E-state index contributed by atoms with van der Waals surface area (Å²) in [6.07, 6.45) is 0. The summed E-state index contributed by atoms with van der Waals surface area (Å²) in [5.41, 5.74) is 1.73. The quantitative estimate of drug-likeness (QED) is 0.809. The van der Waals surface area contributed by atoms with Crippen molar-refractivity contribution in [3.05, 3.63) is 35.4 Å². The molecule has 1 aliphatic heterocycles. The van der Waals surface area contributed by atoms with Crippen LogP contribution in [0.2, 0.25) is 0 Å². The van der Waals surface area contributed by atoms with Gasteiger partial charge in [-0.25, -0.2) is 0 Å². The first kappa shape index (κ1) is 12.1. The summed E-state index contributed by atoms with van der Waals surface area (Å²) in [7, 11) is 0. The molecule has 0 bridgehead atoms. The van der Waals surface area contributed by atoms with E-state index in [0.717, 1.165) is 5.56 Å². The van der Waals surface area contributed by atoms with Crippen LogP contribution in [0.1, 0.15) is 25.0 Å². The van der Waals surface area contributed by atoms with Crippen molar-refractivity contribution in [3.63, 3.8) is 0 Å². The molecule has 17 heavy (non-hydrogen) atoms. The van der Waals surface area contributed by atoms with Crippen molar-refractivity contribution in [2.75, 3.05) is 13.2 Å². The average Bonchev–Trinajstić information content (AvgIpc) is 2.28. The lowest BCUT2D eigenvalue weighted by Crippen LogP contribution is -2.68. The summed E-state index contributed by atoms with van der Waals surface area (Å²) in [5, 5.41) is 3.26. The molecule has 0 amide bonds. The van der Waals surface area contributed by atoms with Crippen LogP contribution in [-0.2, 0) is 14.9 Å². The molecule has 1 aliphatic rings. The smallest absolute Gasteiger partial charge is 0.319 e. The van der Waals surface area contributed by atoms with Gasteiger partial charge in [-0.1, -0.05) is 29.8 Å². The van der Waals surface area contributed by atoms with Crippen molar-refractivity contribution in [1.29, 1.82) is 0 Å². The minimum Gasteiger partial charge on any atom is -0.465 e. The molecule has 1 N–H and O–H groups in total. The van der Waals surface area contributed by atoms with E-state index >= 15 is 0 Å². The van der Waals surface area contributed by atoms with E-state index in [2.05, 4.69) is 11.4 Å². The molecule has 92 valence electrons. The molecule has 0 aliphatic carbocycles. The third-order valence-corrected chi connectivity index (χ3v) is 3.60. The highest BCUT2D eigenvalue weighted by molar-refractivity contribution is 5.86. The Morgan fingerprint density at radius 2 is 2.35 bits per heavy atom. The molecular weight excluding hydrogens is 214 g/mol. The lowest BCUT2D eigenvalue weighted by molar-refractivity contribution is -0.154. The zero-order chi connectivity index (χ0) is 12.5. The van der Waals surface area contributed by atoms with Crippen LogP contribution in [-0.4, -0.2) is 25.2 Å². The number of esters is 1. The first-order chi connectivity index (χ1) is 8.11. The lowest BCUT2D eigenvalue weighted by Gasteiger charge is -2.46. The monoisotopic (exact) mass is 233 g/mol. The lowest BCUT2D eigenvalue weighted by atomic mass is 9.69. The SMILES string of the molecule is CCOC(=O)C1(c2cccc(C)c2)CNC1C. The molecule has 0 spiro atoms. The Labute approximate surface area is 102 Å². The number of carbonyl (C=O) groups is 1. The zero-order valence-corrected chi connectivity index (χ0v) is 10.6. The predicted octanol–water partition coefficient (Wildman–Crippen LogP) is 1.79. The fraction of sp³-hybridized carbons (Fsp3) is 0.500. The number of nitrogens with one attached hydrogen (secondary N) is 1.